The van der Waals surface area contributed by atoms with Gasteiger partial charge in [0, 0.05) is 25.6 Å². The Morgan fingerprint density at radius 2 is 2.00 bits per heavy atom. The minimum atomic E-state index is -1.22. The Hall–Kier alpha value is -1.28. The molecule has 5 aliphatic rings. The molecule has 37 heavy (non-hydrogen) atoms. The number of carboxylic acids is 1. The summed E-state index contributed by atoms with van der Waals surface area (Å²) in [6, 6.07) is 0. The van der Waals surface area contributed by atoms with Crippen LogP contribution in [0.5, 0.6) is 0 Å². The van der Waals surface area contributed by atoms with Crippen molar-refractivity contribution in [1.29, 1.82) is 0 Å². The third-order valence-electron chi connectivity index (χ3n) is 11.1. The van der Waals surface area contributed by atoms with Crippen molar-refractivity contribution in [2.24, 2.45) is 45.8 Å². The Labute approximate surface area is 221 Å². The van der Waals surface area contributed by atoms with Gasteiger partial charge in [0.2, 0.25) is 0 Å². The fourth-order valence-electron chi connectivity index (χ4n) is 9.71. The van der Waals surface area contributed by atoms with Crippen LogP contribution in [0.1, 0.15) is 73.1 Å². The van der Waals surface area contributed by atoms with Crippen LogP contribution < -0.4 is 0 Å². The molecule has 0 aromatic heterocycles. The van der Waals surface area contributed by atoms with Crippen LogP contribution in [0.2, 0.25) is 0 Å². The highest BCUT2D eigenvalue weighted by atomic mass is 16.7. The quantitative estimate of drug-likeness (QED) is 0.326. The van der Waals surface area contributed by atoms with Gasteiger partial charge in [-0.1, -0.05) is 45.8 Å². The first-order chi connectivity index (χ1) is 17.6. The molecule has 11 atom stereocenters. The summed E-state index contributed by atoms with van der Waals surface area (Å²) in [5.74, 6) is 0.171. The van der Waals surface area contributed by atoms with Crippen LogP contribution in [-0.2, 0) is 28.5 Å². The number of carbonyl (C=O) groups excluding carboxylic acids is 1. The average molecular weight is 519 g/mol. The number of carboxylic acid groups (broad SMARTS) is 1. The Morgan fingerprint density at radius 3 is 2.62 bits per heavy atom. The van der Waals surface area contributed by atoms with Crippen LogP contribution in [0.15, 0.2) is 11.6 Å². The maximum atomic E-state index is 13.6. The van der Waals surface area contributed by atoms with Gasteiger partial charge >= 0.3 is 5.97 Å². The van der Waals surface area contributed by atoms with Crippen LogP contribution in [0.3, 0.4) is 0 Å². The normalized spacial score (nSPS) is 48.2. The third-order valence-corrected chi connectivity index (χ3v) is 11.1. The van der Waals surface area contributed by atoms with Gasteiger partial charge in [0.05, 0.1) is 24.2 Å². The number of rotatable bonds is 10. The highest BCUT2D eigenvalue weighted by Crippen LogP contribution is 2.82. The molecule has 5 rings (SSSR count). The van der Waals surface area contributed by atoms with E-state index in [-0.39, 0.29) is 42.7 Å². The van der Waals surface area contributed by atoms with Crippen molar-refractivity contribution in [3.8, 4) is 0 Å². The summed E-state index contributed by atoms with van der Waals surface area (Å²) in [7, 11) is 1.69. The van der Waals surface area contributed by atoms with Crippen molar-refractivity contribution in [3.05, 3.63) is 11.6 Å². The fraction of sp³-hybridized carbons (Fsp3) is 0.867. The summed E-state index contributed by atoms with van der Waals surface area (Å²) in [6.07, 6.45) is 7.10. The van der Waals surface area contributed by atoms with E-state index in [0.717, 1.165) is 37.5 Å². The van der Waals surface area contributed by atoms with E-state index in [1.54, 1.807) is 7.11 Å². The number of allylic oxidation sites excluding steroid dienone is 1. The van der Waals surface area contributed by atoms with E-state index >= 15 is 0 Å². The number of carbonyl (C=O) groups is 2. The number of hydrogen-bond donors (Lipinski definition) is 1. The van der Waals surface area contributed by atoms with E-state index in [2.05, 4.69) is 33.8 Å². The number of fused-ring (bicyclic) bond motifs is 2. The molecule has 7 heteroatoms. The Bertz CT molecular complexity index is 931. The molecule has 1 N–H and O–H groups in total. The highest BCUT2D eigenvalue weighted by molar-refractivity contribution is 5.90. The van der Waals surface area contributed by atoms with Crippen molar-refractivity contribution >= 4 is 12.3 Å². The maximum Gasteiger partial charge on any atom is 0.315 e. The minimum absolute atomic E-state index is 0.0175. The molecule has 0 aromatic rings. The van der Waals surface area contributed by atoms with Gasteiger partial charge in [-0.2, -0.15) is 0 Å². The van der Waals surface area contributed by atoms with Crippen LogP contribution in [-0.4, -0.2) is 62.3 Å². The van der Waals surface area contributed by atoms with Crippen molar-refractivity contribution < 1.29 is 33.6 Å². The molecule has 4 aliphatic carbocycles. The molecule has 1 heterocycles. The van der Waals surface area contributed by atoms with Gasteiger partial charge in [-0.25, -0.2) is 0 Å². The lowest BCUT2D eigenvalue weighted by Crippen LogP contribution is -2.63. The van der Waals surface area contributed by atoms with Crippen LogP contribution in [0.25, 0.3) is 0 Å². The lowest BCUT2D eigenvalue weighted by molar-refractivity contribution is -0.272. The van der Waals surface area contributed by atoms with Gasteiger partial charge in [-0.15, -0.1) is 0 Å². The van der Waals surface area contributed by atoms with Gasteiger partial charge < -0.3 is 28.8 Å². The summed E-state index contributed by atoms with van der Waals surface area (Å²) < 4.78 is 24.7. The second-order valence-electron chi connectivity index (χ2n) is 12.9. The Balaban J connectivity index is 1.49. The number of aliphatic carboxylic acids is 1. The van der Waals surface area contributed by atoms with Crippen molar-refractivity contribution in [3.63, 3.8) is 0 Å². The second-order valence-corrected chi connectivity index (χ2v) is 12.9. The molecular weight excluding hydrogens is 472 g/mol. The predicted molar refractivity (Wildman–Crippen MR) is 138 cm³/mol. The smallest absolute Gasteiger partial charge is 0.315 e. The summed E-state index contributed by atoms with van der Waals surface area (Å²) in [4.78, 5) is 26.7. The zero-order chi connectivity index (χ0) is 26.8. The Morgan fingerprint density at radius 1 is 1.24 bits per heavy atom. The fourth-order valence-corrected chi connectivity index (χ4v) is 9.71. The molecule has 0 radical (unpaired) electrons. The lowest BCUT2D eigenvalue weighted by atomic mass is 9.43. The first-order valence-corrected chi connectivity index (χ1v) is 14.5. The van der Waals surface area contributed by atoms with Gasteiger partial charge in [0.15, 0.2) is 6.29 Å². The standard InChI is InChI=1S/C30H46O7/c1-7-10-35-26-19(5)37-25(12-24(26)34-6)36-16-29-14-21-18(4)8-9-22(21)28(15-31)13-20(29)11-23(17(2)3)30(28,29)27(32)33/h11,15,17-22,24-26H,7-10,12-14,16H2,1-6H3,(H,32,33)/t18?,19-,20?,21?,22?,24+,25-,26-,28?,29?,30?/m1/s1. The first-order valence-electron chi connectivity index (χ1n) is 14.5. The molecular formula is C30H46O7. The highest BCUT2D eigenvalue weighted by Gasteiger charge is 2.84. The van der Waals surface area contributed by atoms with Crippen LogP contribution in [0, 0.1) is 45.8 Å². The number of methoxy groups -OCH3 is 1. The summed E-state index contributed by atoms with van der Waals surface area (Å²) in [6.45, 7) is 11.4. The molecule has 4 bridgehead atoms. The molecule has 0 spiro atoms. The predicted octanol–water partition coefficient (Wildman–Crippen LogP) is 4.87. The summed E-state index contributed by atoms with van der Waals surface area (Å²) in [5.41, 5.74) is -1.81. The number of ether oxygens (including phenoxy) is 4. The summed E-state index contributed by atoms with van der Waals surface area (Å²) >= 11 is 0. The van der Waals surface area contributed by atoms with Crippen molar-refractivity contribution in [2.75, 3.05) is 20.3 Å². The zero-order valence-electron chi connectivity index (χ0n) is 23.4. The third kappa shape index (κ3) is 3.52. The van der Waals surface area contributed by atoms with E-state index < -0.39 is 28.5 Å². The van der Waals surface area contributed by atoms with E-state index in [4.69, 9.17) is 18.9 Å². The van der Waals surface area contributed by atoms with Crippen molar-refractivity contribution in [1.82, 2.24) is 0 Å². The monoisotopic (exact) mass is 518 g/mol. The Kier molecular flexibility index (Phi) is 7.17. The molecule has 1 saturated heterocycles. The van der Waals surface area contributed by atoms with E-state index in [9.17, 15) is 14.7 Å². The SMILES string of the molecule is CCCO[C@H]1[C@@H](OC)C[C@H](OCC23CC4C(C)CCC4C4(C=O)CC2C=C(C(C)C)C43C(=O)O)O[C@@H]1C. The van der Waals surface area contributed by atoms with E-state index in [0.29, 0.717) is 31.3 Å². The van der Waals surface area contributed by atoms with Gasteiger partial charge in [0.1, 0.15) is 17.8 Å². The van der Waals surface area contributed by atoms with Crippen LogP contribution in [0.4, 0.5) is 0 Å². The first kappa shape index (κ1) is 27.3. The molecule has 0 amide bonds. The maximum absolute atomic E-state index is 13.6. The van der Waals surface area contributed by atoms with Crippen molar-refractivity contribution in [2.45, 2.75) is 97.7 Å². The topological polar surface area (TPSA) is 91.3 Å². The number of hydrogen-bond acceptors (Lipinski definition) is 6. The van der Waals surface area contributed by atoms with Gasteiger partial charge in [-0.3, -0.25) is 4.79 Å². The molecule has 4 fully saturated rings. The molecule has 7 nitrogen and oxygen atoms in total. The molecule has 0 aromatic carbocycles. The molecule has 208 valence electrons. The minimum Gasteiger partial charge on any atom is -0.481 e. The molecule has 1 aliphatic heterocycles. The van der Waals surface area contributed by atoms with E-state index in [1.807, 2.05) is 6.92 Å². The zero-order valence-corrected chi connectivity index (χ0v) is 23.4. The summed E-state index contributed by atoms with van der Waals surface area (Å²) in [5, 5.41) is 11.1. The lowest BCUT2D eigenvalue weighted by Gasteiger charge is -2.58. The van der Waals surface area contributed by atoms with Gasteiger partial charge in [-0.05, 0) is 62.2 Å². The second kappa shape index (κ2) is 9.72. The number of aldehydes is 1. The molecule has 3 saturated carbocycles. The largest absolute Gasteiger partial charge is 0.481 e. The van der Waals surface area contributed by atoms with Gasteiger partial charge in [0.25, 0.3) is 0 Å². The van der Waals surface area contributed by atoms with E-state index in [1.165, 1.54) is 0 Å². The molecule has 7 unspecified atom stereocenters. The van der Waals surface area contributed by atoms with Crippen LogP contribution >= 0.6 is 0 Å². The average Bonchev–Trinajstić information content (AvgIpc) is 3.44.